The van der Waals surface area contributed by atoms with E-state index in [0.29, 0.717) is 5.56 Å². The number of amides is 1. The number of rotatable bonds is 8. The van der Waals surface area contributed by atoms with E-state index in [9.17, 15) is 18.0 Å². The SMILES string of the molecule is CNC(CCOCCC(F)(F)F)(C(N)=O)c1ccccc1. The summed E-state index contributed by atoms with van der Waals surface area (Å²) in [5.41, 5.74) is 4.96. The largest absolute Gasteiger partial charge is 0.391 e. The van der Waals surface area contributed by atoms with Gasteiger partial charge in [-0.25, -0.2) is 0 Å². The third-order valence-corrected chi connectivity index (χ3v) is 3.27. The summed E-state index contributed by atoms with van der Waals surface area (Å²) in [5, 5.41) is 2.86. The van der Waals surface area contributed by atoms with E-state index in [-0.39, 0.29) is 13.0 Å². The van der Waals surface area contributed by atoms with Crippen molar-refractivity contribution in [1.82, 2.24) is 5.32 Å². The number of halogens is 3. The number of carbonyl (C=O) groups is 1. The molecule has 118 valence electrons. The summed E-state index contributed by atoms with van der Waals surface area (Å²) in [4.78, 5) is 11.8. The number of hydrogen-bond donors (Lipinski definition) is 2. The van der Waals surface area contributed by atoms with Crippen LogP contribution in [0.4, 0.5) is 13.2 Å². The second-order valence-electron chi connectivity index (χ2n) is 4.61. The lowest BCUT2D eigenvalue weighted by Gasteiger charge is -2.30. The average molecular weight is 304 g/mol. The molecule has 0 saturated carbocycles. The van der Waals surface area contributed by atoms with Gasteiger partial charge in [0.05, 0.1) is 13.0 Å². The molecule has 1 rings (SSSR count). The van der Waals surface area contributed by atoms with Crippen molar-refractivity contribution >= 4 is 5.91 Å². The van der Waals surface area contributed by atoms with Crippen LogP contribution in [0.2, 0.25) is 0 Å². The van der Waals surface area contributed by atoms with Gasteiger partial charge in [0.1, 0.15) is 5.54 Å². The van der Waals surface area contributed by atoms with E-state index in [2.05, 4.69) is 5.32 Å². The van der Waals surface area contributed by atoms with Crippen molar-refractivity contribution in [3.05, 3.63) is 35.9 Å². The van der Waals surface area contributed by atoms with Gasteiger partial charge in [-0.15, -0.1) is 0 Å². The van der Waals surface area contributed by atoms with Crippen LogP contribution in [0.3, 0.4) is 0 Å². The molecule has 7 heteroatoms. The van der Waals surface area contributed by atoms with Gasteiger partial charge in [-0.3, -0.25) is 4.79 Å². The van der Waals surface area contributed by atoms with Crippen molar-refractivity contribution in [3.63, 3.8) is 0 Å². The second-order valence-corrected chi connectivity index (χ2v) is 4.61. The van der Waals surface area contributed by atoms with Gasteiger partial charge in [-0.2, -0.15) is 13.2 Å². The second kappa shape index (κ2) is 7.42. The van der Waals surface area contributed by atoms with Gasteiger partial charge in [0.25, 0.3) is 0 Å². The van der Waals surface area contributed by atoms with Crippen LogP contribution < -0.4 is 11.1 Å². The molecule has 1 amide bonds. The molecule has 1 atom stereocenters. The monoisotopic (exact) mass is 304 g/mol. The molecule has 4 nitrogen and oxygen atoms in total. The van der Waals surface area contributed by atoms with Crippen molar-refractivity contribution in [1.29, 1.82) is 0 Å². The molecule has 0 radical (unpaired) electrons. The number of alkyl halides is 3. The van der Waals surface area contributed by atoms with Crippen molar-refractivity contribution in [3.8, 4) is 0 Å². The number of carbonyl (C=O) groups excluding carboxylic acids is 1. The van der Waals surface area contributed by atoms with Crippen LogP contribution in [-0.2, 0) is 15.1 Å². The van der Waals surface area contributed by atoms with Crippen LogP contribution >= 0.6 is 0 Å². The maximum absolute atomic E-state index is 12.0. The lowest BCUT2D eigenvalue weighted by atomic mass is 9.86. The minimum Gasteiger partial charge on any atom is -0.381 e. The van der Waals surface area contributed by atoms with Crippen LogP contribution in [0.15, 0.2) is 30.3 Å². The van der Waals surface area contributed by atoms with Crippen LogP contribution in [0.5, 0.6) is 0 Å². The predicted molar refractivity (Wildman–Crippen MR) is 72.5 cm³/mol. The van der Waals surface area contributed by atoms with Gasteiger partial charge in [-0.1, -0.05) is 30.3 Å². The van der Waals surface area contributed by atoms with Crippen LogP contribution in [-0.4, -0.2) is 32.3 Å². The molecule has 0 aliphatic heterocycles. The minimum absolute atomic E-state index is 0.00520. The Labute approximate surface area is 121 Å². The molecule has 0 aromatic heterocycles. The van der Waals surface area contributed by atoms with Gasteiger partial charge in [-0.05, 0) is 12.6 Å². The molecular weight excluding hydrogens is 285 g/mol. The normalized spacial score (nSPS) is 14.7. The highest BCUT2D eigenvalue weighted by molar-refractivity contribution is 5.86. The van der Waals surface area contributed by atoms with E-state index >= 15 is 0 Å². The lowest BCUT2D eigenvalue weighted by molar-refractivity contribution is -0.146. The smallest absolute Gasteiger partial charge is 0.381 e. The molecule has 0 fully saturated rings. The maximum Gasteiger partial charge on any atom is 0.391 e. The molecule has 0 heterocycles. The van der Waals surface area contributed by atoms with E-state index in [1.807, 2.05) is 0 Å². The minimum atomic E-state index is -4.25. The third kappa shape index (κ3) is 5.02. The lowest BCUT2D eigenvalue weighted by Crippen LogP contribution is -2.51. The van der Waals surface area contributed by atoms with Gasteiger partial charge in [0, 0.05) is 13.0 Å². The Balaban J connectivity index is 2.66. The number of nitrogens with one attached hydrogen (secondary N) is 1. The average Bonchev–Trinajstić information content (AvgIpc) is 2.42. The van der Waals surface area contributed by atoms with E-state index in [1.165, 1.54) is 0 Å². The highest BCUT2D eigenvalue weighted by atomic mass is 19.4. The Bertz CT molecular complexity index is 451. The van der Waals surface area contributed by atoms with E-state index < -0.39 is 30.7 Å². The fraction of sp³-hybridized carbons (Fsp3) is 0.500. The van der Waals surface area contributed by atoms with Crippen LogP contribution in [0.25, 0.3) is 0 Å². The van der Waals surface area contributed by atoms with E-state index in [0.717, 1.165) is 0 Å². The zero-order chi connectivity index (χ0) is 15.9. The zero-order valence-electron chi connectivity index (χ0n) is 11.7. The Morgan fingerprint density at radius 2 is 1.76 bits per heavy atom. The molecule has 3 N–H and O–H groups in total. The summed E-state index contributed by atoms with van der Waals surface area (Å²) in [6.45, 7) is -0.439. The molecule has 21 heavy (non-hydrogen) atoms. The molecule has 0 spiro atoms. The summed E-state index contributed by atoms with van der Waals surface area (Å²) in [5.74, 6) is -0.601. The number of ether oxygens (including phenoxy) is 1. The molecule has 0 saturated heterocycles. The first-order valence-electron chi connectivity index (χ1n) is 6.50. The zero-order valence-corrected chi connectivity index (χ0v) is 11.7. The standard InChI is InChI=1S/C14H19F3N2O2/c1-19-13(12(18)20,11-5-3-2-4-6-11)7-9-21-10-8-14(15,16)17/h2-6,19H,7-10H2,1H3,(H2,18,20). The summed E-state index contributed by atoms with van der Waals surface area (Å²) < 4.78 is 41.0. The van der Waals surface area contributed by atoms with Gasteiger partial charge < -0.3 is 15.8 Å². The van der Waals surface area contributed by atoms with E-state index in [4.69, 9.17) is 10.5 Å². The molecule has 0 aliphatic carbocycles. The molecule has 1 aromatic carbocycles. The van der Waals surface area contributed by atoms with E-state index in [1.54, 1.807) is 37.4 Å². The Morgan fingerprint density at radius 3 is 2.24 bits per heavy atom. The number of primary amides is 1. The first kappa shape index (κ1) is 17.5. The van der Waals surface area contributed by atoms with Crippen LogP contribution in [0, 0.1) is 0 Å². The first-order chi connectivity index (χ1) is 9.82. The van der Waals surface area contributed by atoms with Crippen molar-refractivity contribution in [2.45, 2.75) is 24.6 Å². The Kier molecular flexibility index (Phi) is 6.17. The summed E-state index contributed by atoms with van der Waals surface area (Å²) in [6, 6.07) is 8.78. The topological polar surface area (TPSA) is 64.3 Å². The van der Waals surface area contributed by atoms with Crippen molar-refractivity contribution in [2.24, 2.45) is 5.73 Å². The van der Waals surface area contributed by atoms with Crippen molar-refractivity contribution < 1.29 is 22.7 Å². The number of benzene rings is 1. The number of likely N-dealkylation sites (N-methyl/N-ethyl adjacent to an activating group) is 1. The van der Waals surface area contributed by atoms with Gasteiger partial charge in [0.2, 0.25) is 5.91 Å². The highest BCUT2D eigenvalue weighted by Crippen LogP contribution is 2.25. The fourth-order valence-electron chi connectivity index (χ4n) is 2.04. The molecular formula is C14H19F3N2O2. The molecule has 1 unspecified atom stereocenters. The third-order valence-electron chi connectivity index (χ3n) is 3.27. The first-order valence-corrected chi connectivity index (χ1v) is 6.50. The summed E-state index contributed by atoms with van der Waals surface area (Å²) in [6.07, 6.45) is -5.11. The van der Waals surface area contributed by atoms with Crippen LogP contribution in [0.1, 0.15) is 18.4 Å². The molecule has 0 bridgehead atoms. The maximum atomic E-state index is 12.0. The Hall–Kier alpha value is -1.60. The fourth-order valence-corrected chi connectivity index (χ4v) is 2.04. The molecule has 1 aromatic rings. The Morgan fingerprint density at radius 1 is 1.19 bits per heavy atom. The van der Waals surface area contributed by atoms with Gasteiger partial charge >= 0.3 is 6.18 Å². The number of hydrogen-bond acceptors (Lipinski definition) is 3. The summed E-state index contributed by atoms with van der Waals surface area (Å²) in [7, 11) is 1.58. The molecule has 0 aliphatic rings. The number of nitrogens with two attached hydrogens (primary N) is 1. The highest BCUT2D eigenvalue weighted by Gasteiger charge is 2.36. The predicted octanol–water partition coefficient (Wildman–Crippen LogP) is 1.95. The quantitative estimate of drug-likeness (QED) is 0.722. The van der Waals surface area contributed by atoms with Crippen molar-refractivity contribution in [2.75, 3.05) is 20.3 Å². The van der Waals surface area contributed by atoms with Gasteiger partial charge in [0.15, 0.2) is 0 Å². The summed E-state index contributed by atoms with van der Waals surface area (Å²) >= 11 is 0.